The van der Waals surface area contributed by atoms with Gasteiger partial charge in [-0.05, 0) is 18.6 Å². The molecule has 1 aliphatic heterocycles. The molecule has 1 aromatic carbocycles. The lowest BCUT2D eigenvalue weighted by molar-refractivity contribution is 0.415. The third-order valence-electron chi connectivity index (χ3n) is 2.99. The number of anilines is 1. The smallest absolute Gasteiger partial charge is 0.239 e. The summed E-state index contributed by atoms with van der Waals surface area (Å²) in [6.45, 7) is 0.653. The van der Waals surface area contributed by atoms with Gasteiger partial charge in [0, 0.05) is 19.2 Å². The van der Waals surface area contributed by atoms with Gasteiger partial charge in [-0.25, -0.2) is 8.42 Å². The Hall–Kier alpha value is -1.27. The lowest BCUT2D eigenvalue weighted by Gasteiger charge is -2.19. The van der Waals surface area contributed by atoms with Crippen LogP contribution in [0.25, 0.3) is 0 Å². The quantitative estimate of drug-likeness (QED) is 0.857. The van der Waals surface area contributed by atoms with Crippen molar-refractivity contribution in [2.45, 2.75) is 11.7 Å². The second kappa shape index (κ2) is 4.54. The predicted octanol–water partition coefficient (Wildman–Crippen LogP) is 0.562. The summed E-state index contributed by atoms with van der Waals surface area (Å²) in [7, 11) is -1.75. The third kappa shape index (κ3) is 2.10. The van der Waals surface area contributed by atoms with E-state index in [9.17, 15) is 8.42 Å². The van der Waals surface area contributed by atoms with Crippen LogP contribution in [-0.2, 0) is 10.0 Å². The molecule has 1 atom stereocenters. The SMILES string of the molecule is COc1cccc(N2CCC(CN)S2(=O)=O)c1. The molecule has 0 spiro atoms. The Morgan fingerprint density at radius 2 is 2.29 bits per heavy atom. The fraction of sp³-hybridized carbons (Fsp3) is 0.455. The summed E-state index contributed by atoms with van der Waals surface area (Å²) in [4.78, 5) is 0. The molecule has 2 N–H and O–H groups in total. The molecule has 0 aliphatic carbocycles. The highest BCUT2D eigenvalue weighted by Crippen LogP contribution is 2.30. The van der Waals surface area contributed by atoms with Crippen molar-refractivity contribution in [3.8, 4) is 5.75 Å². The van der Waals surface area contributed by atoms with Crippen LogP contribution in [-0.4, -0.2) is 33.9 Å². The Balaban J connectivity index is 2.35. The van der Waals surface area contributed by atoms with Gasteiger partial charge in [-0.15, -0.1) is 0 Å². The molecule has 1 unspecified atom stereocenters. The number of rotatable bonds is 3. The van der Waals surface area contributed by atoms with Crippen molar-refractivity contribution in [3.63, 3.8) is 0 Å². The number of ether oxygens (including phenoxy) is 1. The average molecular weight is 256 g/mol. The zero-order valence-electron chi connectivity index (χ0n) is 9.67. The fourth-order valence-corrected chi connectivity index (χ4v) is 3.77. The van der Waals surface area contributed by atoms with Crippen LogP contribution in [0.5, 0.6) is 5.75 Å². The van der Waals surface area contributed by atoms with E-state index in [1.54, 1.807) is 31.4 Å². The summed E-state index contributed by atoms with van der Waals surface area (Å²) in [5, 5.41) is -0.464. The number of benzene rings is 1. The van der Waals surface area contributed by atoms with Gasteiger partial charge in [0.25, 0.3) is 0 Å². The maximum Gasteiger partial charge on any atom is 0.239 e. The van der Waals surface area contributed by atoms with Gasteiger partial charge < -0.3 is 10.5 Å². The van der Waals surface area contributed by atoms with E-state index in [2.05, 4.69) is 0 Å². The predicted molar refractivity (Wildman–Crippen MR) is 66.7 cm³/mol. The monoisotopic (exact) mass is 256 g/mol. The summed E-state index contributed by atoms with van der Waals surface area (Å²) in [6, 6.07) is 7.04. The van der Waals surface area contributed by atoms with Gasteiger partial charge in [-0.2, -0.15) is 0 Å². The van der Waals surface area contributed by atoms with Gasteiger partial charge >= 0.3 is 0 Å². The van der Waals surface area contributed by atoms with Crippen LogP contribution in [0.4, 0.5) is 5.69 Å². The standard InChI is InChI=1S/C11H16N2O3S/c1-16-10-4-2-3-9(7-10)13-6-5-11(8-12)17(13,14)15/h2-4,7,11H,5-6,8,12H2,1H3. The van der Waals surface area contributed by atoms with Gasteiger partial charge in [-0.1, -0.05) is 6.07 Å². The van der Waals surface area contributed by atoms with E-state index < -0.39 is 15.3 Å². The Labute approximate surface area is 101 Å². The van der Waals surface area contributed by atoms with E-state index >= 15 is 0 Å². The molecule has 0 aromatic heterocycles. The lowest BCUT2D eigenvalue weighted by atomic mass is 10.2. The maximum absolute atomic E-state index is 12.1. The van der Waals surface area contributed by atoms with Crippen LogP contribution in [0.3, 0.4) is 0 Å². The Morgan fingerprint density at radius 3 is 2.88 bits per heavy atom. The van der Waals surface area contributed by atoms with Gasteiger partial charge in [0.1, 0.15) is 5.75 Å². The molecule has 0 radical (unpaired) electrons. The minimum Gasteiger partial charge on any atom is -0.497 e. The molecule has 0 saturated carbocycles. The summed E-state index contributed by atoms with van der Waals surface area (Å²) in [5.41, 5.74) is 6.11. The molecule has 94 valence electrons. The zero-order chi connectivity index (χ0) is 12.5. The van der Waals surface area contributed by atoms with Crippen LogP contribution < -0.4 is 14.8 Å². The van der Waals surface area contributed by atoms with Gasteiger partial charge in [-0.3, -0.25) is 4.31 Å². The normalized spacial score (nSPS) is 22.7. The number of sulfonamides is 1. The molecule has 1 fully saturated rings. The first kappa shape index (κ1) is 12.2. The van der Waals surface area contributed by atoms with E-state index in [0.29, 0.717) is 24.4 Å². The van der Waals surface area contributed by atoms with Crippen molar-refractivity contribution in [1.29, 1.82) is 0 Å². The van der Waals surface area contributed by atoms with E-state index in [4.69, 9.17) is 10.5 Å². The van der Waals surface area contributed by atoms with E-state index in [1.165, 1.54) is 4.31 Å². The lowest BCUT2D eigenvalue weighted by Crippen LogP contribution is -2.33. The van der Waals surface area contributed by atoms with E-state index in [-0.39, 0.29) is 6.54 Å². The maximum atomic E-state index is 12.1. The third-order valence-corrected chi connectivity index (χ3v) is 5.27. The van der Waals surface area contributed by atoms with Crippen LogP contribution in [0.15, 0.2) is 24.3 Å². The number of hydrogen-bond donors (Lipinski definition) is 1. The molecule has 0 amide bonds. The van der Waals surface area contributed by atoms with Crippen LogP contribution in [0.2, 0.25) is 0 Å². The molecule has 1 aliphatic rings. The van der Waals surface area contributed by atoms with Crippen molar-refractivity contribution in [2.24, 2.45) is 5.73 Å². The summed E-state index contributed by atoms with van der Waals surface area (Å²) >= 11 is 0. The number of nitrogens with zero attached hydrogens (tertiary/aromatic N) is 1. The largest absolute Gasteiger partial charge is 0.497 e. The van der Waals surface area contributed by atoms with Crippen molar-refractivity contribution in [1.82, 2.24) is 0 Å². The van der Waals surface area contributed by atoms with Crippen molar-refractivity contribution in [3.05, 3.63) is 24.3 Å². The van der Waals surface area contributed by atoms with Crippen molar-refractivity contribution < 1.29 is 13.2 Å². The van der Waals surface area contributed by atoms with Crippen molar-refractivity contribution >= 4 is 15.7 Å². The zero-order valence-corrected chi connectivity index (χ0v) is 10.5. The molecular weight excluding hydrogens is 240 g/mol. The number of methoxy groups -OCH3 is 1. The van der Waals surface area contributed by atoms with Crippen LogP contribution in [0, 0.1) is 0 Å². The molecule has 0 bridgehead atoms. The second-order valence-corrected chi connectivity index (χ2v) is 6.10. The summed E-state index contributed by atoms with van der Waals surface area (Å²) in [6.07, 6.45) is 0.579. The second-order valence-electron chi connectivity index (χ2n) is 3.96. The van der Waals surface area contributed by atoms with E-state index in [0.717, 1.165) is 0 Å². The molecule has 5 nitrogen and oxygen atoms in total. The van der Waals surface area contributed by atoms with Crippen molar-refractivity contribution in [2.75, 3.05) is 24.5 Å². The van der Waals surface area contributed by atoms with Crippen LogP contribution >= 0.6 is 0 Å². The molecule has 2 rings (SSSR count). The van der Waals surface area contributed by atoms with E-state index in [1.807, 2.05) is 0 Å². The molecule has 1 saturated heterocycles. The minimum atomic E-state index is -3.30. The first-order chi connectivity index (χ1) is 8.09. The number of hydrogen-bond acceptors (Lipinski definition) is 4. The molecule has 6 heteroatoms. The van der Waals surface area contributed by atoms with Gasteiger partial charge in [0.05, 0.1) is 18.0 Å². The first-order valence-corrected chi connectivity index (χ1v) is 6.95. The molecule has 1 heterocycles. The Morgan fingerprint density at radius 1 is 1.53 bits per heavy atom. The summed E-state index contributed by atoms with van der Waals surface area (Å²) in [5.74, 6) is 0.647. The Kier molecular flexibility index (Phi) is 3.26. The van der Waals surface area contributed by atoms with Gasteiger partial charge in [0.15, 0.2) is 0 Å². The molecule has 17 heavy (non-hydrogen) atoms. The Bertz CT molecular complexity index is 501. The van der Waals surface area contributed by atoms with Gasteiger partial charge in [0.2, 0.25) is 10.0 Å². The number of nitrogens with two attached hydrogens (primary N) is 1. The highest BCUT2D eigenvalue weighted by atomic mass is 32.2. The molecule has 1 aromatic rings. The fourth-order valence-electron chi connectivity index (χ4n) is 2.00. The highest BCUT2D eigenvalue weighted by Gasteiger charge is 2.37. The first-order valence-electron chi connectivity index (χ1n) is 5.45. The summed E-state index contributed by atoms with van der Waals surface area (Å²) < 4.78 is 30.8. The average Bonchev–Trinajstić information content (AvgIpc) is 2.64. The molecular formula is C11H16N2O3S. The topological polar surface area (TPSA) is 72.6 Å². The van der Waals surface area contributed by atoms with Crippen LogP contribution in [0.1, 0.15) is 6.42 Å². The highest BCUT2D eigenvalue weighted by molar-refractivity contribution is 7.93. The minimum absolute atomic E-state index is 0.169.